The van der Waals surface area contributed by atoms with Gasteiger partial charge in [-0.2, -0.15) is 4.52 Å². The third-order valence-corrected chi connectivity index (χ3v) is 4.63. The first-order valence-corrected chi connectivity index (χ1v) is 10.00. The van der Waals surface area contributed by atoms with Crippen LogP contribution in [0.5, 0.6) is 5.88 Å². The zero-order valence-electron chi connectivity index (χ0n) is 17.6. The molecule has 1 amide bonds. The van der Waals surface area contributed by atoms with E-state index in [-0.39, 0.29) is 29.8 Å². The summed E-state index contributed by atoms with van der Waals surface area (Å²) in [5, 5.41) is 20.7. The third-order valence-electron chi connectivity index (χ3n) is 4.63. The van der Waals surface area contributed by atoms with Crippen molar-refractivity contribution in [3.63, 3.8) is 0 Å². The fourth-order valence-corrected chi connectivity index (χ4v) is 3.16. The average molecular weight is 417 g/mol. The van der Waals surface area contributed by atoms with Gasteiger partial charge in [0.1, 0.15) is 0 Å². The second-order valence-corrected chi connectivity index (χ2v) is 7.59. The number of fused-ring (bicyclic) bond motifs is 1. The number of aromatic hydroxyl groups is 1. The molecule has 3 rings (SSSR count). The number of anilines is 1. The molecule has 0 unspecified atom stereocenters. The normalized spacial score (nSPS) is 13.9. The molecule has 0 bridgehead atoms. The predicted octanol–water partition coefficient (Wildman–Crippen LogP) is 1.37. The molecule has 10 heteroatoms. The van der Waals surface area contributed by atoms with Gasteiger partial charge in [-0.1, -0.05) is 13.8 Å². The fourth-order valence-electron chi connectivity index (χ4n) is 3.16. The van der Waals surface area contributed by atoms with Crippen molar-refractivity contribution < 1.29 is 19.4 Å². The van der Waals surface area contributed by atoms with Crippen LogP contribution in [-0.2, 0) is 16.1 Å². The van der Waals surface area contributed by atoms with Gasteiger partial charge < -0.3 is 20.5 Å². The zero-order chi connectivity index (χ0) is 22.0. The summed E-state index contributed by atoms with van der Waals surface area (Å²) >= 11 is 0. The van der Waals surface area contributed by atoms with Crippen LogP contribution in [0.4, 0.5) is 5.82 Å². The molecule has 162 valence electrons. The van der Waals surface area contributed by atoms with Gasteiger partial charge in [-0.3, -0.25) is 14.2 Å². The number of hydrogen-bond acceptors (Lipinski definition) is 7. The van der Waals surface area contributed by atoms with Crippen LogP contribution in [0, 0.1) is 5.92 Å². The summed E-state index contributed by atoms with van der Waals surface area (Å²) in [4.78, 5) is 37.7. The molecule has 2 aromatic rings. The smallest absolute Gasteiger partial charge is 0.330 e. The molecule has 1 saturated carbocycles. The van der Waals surface area contributed by atoms with Crippen molar-refractivity contribution in [3.05, 3.63) is 27.6 Å². The number of rotatable bonds is 8. The van der Waals surface area contributed by atoms with Crippen LogP contribution in [0.15, 0.2) is 10.9 Å². The standard InChI is InChI=1S/C20H27N5O5/c1-5-30-14(26)9-8-13-16(21-4)23-25-18(13)24(10-11(2)3)19(28)15(20(25)29)17(27)22-12-6-7-12/h8-9,11-12,29H,5-7,10H2,1-4H3,(H,21,23)(H,22,27)/b9-8+. The van der Waals surface area contributed by atoms with E-state index in [4.69, 9.17) is 4.74 Å². The molecule has 0 aliphatic heterocycles. The van der Waals surface area contributed by atoms with E-state index in [0.717, 1.165) is 17.4 Å². The van der Waals surface area contributed by atoms with E-state index in [1.807, 2.05) is 13.8 Å². The Morgan fingerprint density at radius 3 is 2.63 bits per heavy atom. The average Bonchev–Trinajstić information content (AvgIpc) is 3.41. The first kappa shape index (κ1) is 21.4. The van der Waals surface area contributed by atoms with Gasteiger partial charge in [-0.15, -0.1) is 5.10 Å². The largest absolute Gasteiger partial charge is 0.492 e. The predicted molar refractivity (Wildman–Crippen MR) is 112 cm³/mol. The summed E-state index contributed by atoms with van der Waals surface area (Å²) < 4.78 is 7.48. The van der Waals surface area contributed by atoms with Crippen molar-refractivity contribution in [2.75, 3.05) is 19.0 Å². The van der Waals surface area contributed by atoms with E-state index >= 15 is 0 Å². The van der Waals surface area contributed by atoms with Gasteiger partial charge in [0.2, 0.25) is 5.88 Å². The van der Waals surface area contributed by atoms with Crippen LogP contribution in [0.2, 0.25) is 0 Å². The number of aromatic nitrogens is 3. The van der Waals surface area contributed by atoms with Gasteiger partial charge in [0, 0.05) is 25.7 Å². The van der Waals surface area contributed by atoms with E-state index in [1.165, 1.54) is 16.7 Å². The maximum atomic E-state index is 13.2. The minimum Gasteiger partial charge on any atom is -0.492 e. The van der Waals surface area contributed by atoms with Gasteiger partial charge >= 0.3 is 5.97 Å². The number of carbonyl (C=O) groups excluding carboxylic acids is 2. The molecule has 0 spiro atoms. The molecule has 0 aromatic carbocycles. The second-order valence-electron chi connectivity index (χ2n) is 7.59. The van der Waals surface area contributed by atoms with E-state index < -0.39 is 23.3 Å². The summed E-state index contributed by atoms with van der Waals surface area (Å²) in [5.74, 6) is -1.29. The number of amides is 1. The van der Waals surface area contributed by atoms with Crippen LogP contribution in [0.1, 0.15) is 49.5 Å². The van der Waals surface area contributed by atoms with Crippen LogP contribution in [0.3, 0.4) is 0 Å². The lowest BCUT2D eigenvalue weighted by atomic mass is 10.2. The highest BCUT2D eigenvalue weighted by molar-refractivity contribution is 5.97. The Morgan fingerprint density at radius 1 is 1.37 bits per heavy atom. The summed E-state index contributed by atoms with van der Waals surface area (Å²) in [6, 6.07) is 0.0270. The van der Waals surface area contributed by atoms with Crippen molar-refractivity contribution in [1.82, 2.24) is 19.5 Å². The molecule has 1 aliphatic carbocycles. The van der Waals surface area contributed by atoms with Crippen LogP contribution in [-0.4, -0.2) is 50.9 Å². The Balaban J connectivity index is 2.25. The molecule has 2 aromatic heterocycles. The van der Waals surface area contributed by atoms with E-state index in [2.05, 4.69) is 15.7 Å². The summed E-state index contributed by atoms with van der Waals surface area (Å²) in [5.41, 5.74) is -0.256. The van der Waals surface area contributed by atoms with Crippen molar-refractivity contribution >= 4 is 29.4 Å². The summed E-state index contributed by atoms with van der Waals surface area (Å²) in [6.45, 7) is 6.09. The molecule has 30 heavy (non-hydrogen) atoms. The molecule has 3 N–H and O–H groups in total. The van der Waals surface area contributed by atoms with Crippen molar-refractivity contribution in [2.24, 2.45) is 5.92 Å². The summed E-state index contributed by atoms with van der Waals surface area (Å²) in [7, 11) is 1.63. The first-order valence-electron chi connectivity index (χ1n) is 10.00. The number of ether oxygens (including phenoxy) is 1. The Bertz CT molecular complexity index is 1060. The van der Waals surface area contributed by atoms with Crippen LogP contribution >= 0.6 is 0 Å². The highest BCUT2D eigenvalue weighted by Crippen LogP contribution is 2.27. The number of hydrogen-bond donors (Lipinski definition) is 3. The molecular formula is C20H27N5O5. The highest BCUT2D eigenvalue weighted by Gasteiger charge is 2.30. The van der Waals surface area contributed by atoms with E-state index in [9.17, 15) is 19.5 Å². The zero-order valence-corrected chi connectivity index (χ0v) is 17.6. The molecule has 1 fully saturated rings. The van der Waals surface area contributed by atoms with Gasteiger partial charge in [0.05, 0.1) is 12.2 Å². The SMILES string of the molecule is CCOC(=O)/C=C/c1c(NC)nn2c(O)c(C(=O)NC3CC3)c(=O)n(CC(C)C)c12. The molecule has 0 radical (unpaired) electrons. The summed E-state index contributed by atoms with van der Waals surface area (Å²) in [6.07, 6.45) is 4.41. The van der Waals surface area contributed by atoms with Gasteiger partial charge in [0.15, 0.2) is 17.0 Å². The Morgan fingerprint density at radius 2 is 2.07 bits per heavy atom. The van der Waals surface area contributed by atoms with Crippen molar-refractivity contribution in [3.8, 4) is 5.88 Å². The lowest BCUT2D eigenvalue weighted by molar-refractivity contribution is -0.137. The molecule has 2 heterocycles. The quantitative estimate of drug-likeness (QED) is 0.437. The number of esters is 1. The van der Waals surface area contributed by atoms with Crippen molar-refractivity contribution in [2.45, 2.75) is 46.2 Å². The number of carbonyl (C=O) groups is 2. The Hall–Kier alpha value is -3.30. The van der Waals surface area contributed by atoms with Gasteiger partial charge in [-0.25, -0.2) is 4.79 Å². The maximum absolute atomic E-state index is 13.2. The minimum atomic E-state index is -0.621. The van der Waals surface area contributed by atoms with Gasteiger partial charge in [-0.05, 0) is 31.8 Å². The Labute approximate surface area is 173 Å². The molecule has 0 atom stereocenters. The molecule has 10 nitrogen and oxygen atoms in total. The fraction of sp³-hybridized carbons (Fsp3) is 0.500. The third kappa shape index (κ3) is 4.17. The lowest BCUT2D eigenvalue weighted by Crippen LogP contribution is -2.36. The van der Waals surface area contributed by atoms with Crippen molar-refractivity contribution in [1.29, 1.82) is 0 Å². The lowest BCUT2D eigenvalue weighted by Gasteiger charge is -2.15. The second kappa shape index (κ2) is 8.60. The number of nitrogens with zero attached hydrogens (tertiary/aromatic N) is 3. The minimum absolute atomic E-state index is 0.0270. The van der Waals surface area contributed by atoms with Gasteiger partial charge in [0.25, 0.3) is 11.5 Å². The van der Waals surface area contributed by atoms with Crippen LogP contribution < -0.4 is 16.2 Å². The first-order chi connectivity index (χ1) is 14.3. The monoisotopic (exact) mass is 417 g/mol. The van der Waals surface area contributed by atoms with E-state index in [1.54, 1.807) is 14.0 Å². The highest BCUT2D eigenvalue weighted by atomic mass is 16.5. The van der Waals surface area contributed by atoms with Crippen LogP contribution in [0.25, 0.3) is 11.7 Å². The molecule has 0 saturated heterocycles. The number of nitrogens with one attached hydrogen (secondary N) is 2. The Kier molecular flexibility index (Phi) is 6.14. The molecule has 1 aliphatic rings. The maximum Gasteiger partial charge on any atom is 0.330 e. The topological polar surface area (TPSA) is 127 Å². The molecular weight excluding hydrogens is 390 g/mol. The van der Waals surface area contributed by atoms with E-state index in [0.29, 0.717) is 17.9 Å².